The molecular formula is C11H19N3O2. The number of aromatic nitrogens is 2. The summed E-state index contributed by atoms with van der Waals surface area (Å²) in [6.07, 6.45) is 3.03. The smallest absolute Gasteiger partial charge is 0.243 e. The molecule has 0 radical (unpaired) electrons. The fourth-order valence-corrected chi connectivity index (χ4v) is 1.79. The molecule has 0 amide bonds. The molecule has 1 fully saturated rings. The Hall–Kier alpha value is -0.940. The fourth-order valence-electron chi connectivity index (χ4n) is 1.79. The van der Waals surface area contributed by atoms with Crippen molar-refractivity contribution >= 4 is 0 Å². The second-order valence-electron chi connectivity index (χ2n) is 4.40. The number of ether oxygens (including phenoxy) is 1. The molecule has 1 aromatic heterocycles. The van der Waals surface area contributed by atoms with Gasteiger partial charge in [0, 0.05) is 6.61 Å². The van der Waals surface area contributed by atoms with Crippen LogP contribution in [0.4, 0.5) is 0 Å². The van der Waals surface area contributed by atoms with Crippen molar-refractivity contribution in [3.8, 4) is 0 Å². The van der Waals surface area contributed by atoms with Gasteiger partial charge in [-0.15, -0.1) is 0 Å². The maximum absolute atomic E-state index is 6.02. The third kappa shape index (κ3) is 2.25. The van der Waals surface area contributed by atoms with Gasteiger partial charge in [0.05, 0.1) is 6.04 Å². The van der Waals surface area contributed by atoms with Crippen LogP contribution in [0.5, 0.6) is 0 Å². The summed E-state index contributed by atoms with van der Waals surface area (Å²) in [5.74, 6) is 1.52. The van der Waals surface area contributed by atoms with E-state index in [1.54, 1.807) is 0 Å². The van der Waals surface area contributed by atoms with Crippen molar-refractivity contribution in [1.82, 2.24) is 10.1 Å². The van der Waals surface area contributed by atoms with Gasteiger partial charge in [-0.2, -0.15) is 4.98 Å². The van der Waals surface area contributed by atoms with Gasteiger partial charge in [0.2, 0.25) is 11.7 Å². The summed E-state index contributed by atoms with van der Waals surface area (Å²) in [6, 6.07) is -0.173. The second-order valence-corrected chi connectivity index (χ2v) is 4.40. The Balaban J connectivity index is 2.06. The van der Waals surface area contributed by atoms with E-state index in [1.165, 1.54) is 0 Å². The predicted molar refractivity (Wildman–Crippen MR) is 58.6 cm³/mol. The SMILES string of the molecule is CCC(C)[C@H](N)c1nc(C2CCCO2)no1. The van der Waals surface area contributed by atoms with Gasteiger partial charge in [0.1, 0.15) is 6.10 Å². The van der Waals surface area contributed by atoms with E-state index in [1.807, 2.05) is 0 Å². The van der Waals surface area contributed by atoms with Crippen molar-refractivity contribution in [2.24, 2.45) is 11.7 Å². The van der Waals surface area contributed by atoms with Gasteiger partial charge in [-0.1, -0.05) is 25.4 Å². The summed E-state index contributed by atoms with van der Waals surface area (Å²) in [7, 11) is 0. The number of rotatable bonds is 4. The van der Waals surface area contributed by atoms with Crippen LogP contribution in [0.15, 0.2) is 4.52 Å². The Morgan fingerprint density at radius 1 is 1.56 bits per heavy atom. The largest absolute Gasteiger partial charge is 0.370 e. The lowest BCUT2D eigenvalue weighted by molar-refractivity contribution is 0.103. The zero-order chi connectivity index (χ0) is 11.5. The van der Waals surface area contributed by atoms with Crippen LogP contribution in [0.2, 0.25) is 0 Å². The van der Waals surface area contributed by atoms with E-state index < -0.39 is 0 Å². The summed E-state index contributed by atoms with van der Waals surface area (Å²) in [6.45, 7) is 4.97. The van der Waals surface area contributed by atoms with Crippen LogP contribution in [-0.2, 0) is 4.74 Å². The molecule has 0 saturated carbocycles. The van der Waals surface area contributed by atoms with Crippen molar-refractivity contribution < 1.29 is 9.26 Å². The van der Waals surface area contributed by atoms with Gasteiger partial charge in [0.25, 0.3) is 0 Å². The molecule has 0 bridgehead atoms. The van der Waals surface area contributed by atoms with Crippen LogP contribution in [0.25, 0.3) is 0 Å². The fraction of sp³-hybridized carbons (Fsp3) is 0.818. The van der Waals surface area contributed by atoms with Crippen molar-refractivity contribution in [1.29, 1.82) is 0 Å². The lowest BCUT2D eigenvalue weighted by Gasteiger charge is -2.13. The lowest BCUT2D eigenvalue weighted by atomic mass is 10.0. The van der Waals surface area contributed by atoms with Crippen LogP contribution in [0.1, 0.15) is 57.0 Å². The Morgan fingerprint density at radius 2 is 2.38 bits per heavy atom. The number of hydrogen-bond donors (Lipinski definition) is 1. The first-order chi connectivity index (χ1) is 7.72. The van der Waals surface area contributed by atoms with Gasteiger partial charge >= 0.3 is 0 Å². The second kappa shape index (κ2) is 4.93. The Labute approximate surface area is 95.3 Å². The lowest BCUT2D eigenvalue weighted by Crippen LogP contribution is -2.19. The molecule has 16 heavy (non-hydrogen) atoms. The summed E-state index contributed by atoms with van der Waals surface area (Å²) in [4.78, 5) is 4.33. The average molecular weight is 225 g/mol. The quantitative estimate of drug-likeness (QED) is 0.847. The molecule has 2 heterocycles. The Morgan fingerprint density at radius 3 is 3.00 bits per heavy atom. The summed E-state index contributed by atoms with van der Waals surface area (Å²) in [5, 5.41) is 3.94. The zero-order valence-electron chi connectivity index (χ0n) is 9.85. The summed E-state index contributed by atoms with van der Waals surface area (Å²) in [5.41, 5.74) is 6.02. The molecule has 0 aliphatic carbocycles. The zero-order valence-corrected chi connectivity index (χ0v) is 9.85. The maximum atomic E-state index is 6.02. The molecule has 5 heteroatoms. The Bertz CT molecular complexity index is 334. The maximum Gasteiger partial charge on any atom is 0.243 e. The predicted octanol–water partition coefficient (Wildman–Crippen LogP) is 1.97. The molecular weight excluding hydrogens is 206 g/mol. The van der Waals surface area contributed by atoms with E-state index in [4.69, 9.17) is 15.0 Å². The van der Waals surface area contributed by atoms with E-state index in [2.05, 4.69) is 24.0 Å². The first kappa shape index (κ1) is 11.5. The van der Waals surface area contributed by atoms with E-state index in [0.29, 0.717) is 17.6 Å². The molecule has 3 atom stereocenters. The molecule has 90 valence electrons. The highest BCUT2D eigenvalue weighted by atomic mass is 16.5. The molecule has 5 nitrogen and oxygen atoms in total. The third-order valence-electron chi connectivity index (χ3n) is 3.22. The van der Waals surface area contributed by atoms with Crippen LogP contribution < -0.4 is 5.73 Å². The first-order valence-corrected chi connectivity index (χ1v) is 5.93. The molecule has 1 aliphatic rings. The van der Waals surface area contributed by atoms with Crippen LogP contribution >= 0.6 is 0 Å². The minimum Gasteiger partial charge on any atom is -0.370 e. The van der Waals surface area contributed by atoms with E-state index in [-0.39, 0.29) is 12.1 Å². The molecule has 1 aromatic rings. The van der Waals surface area contributed by atoms with Crippen molar-refractivity contribution in [3.63, 3.8) is 0 Å². The summed E-state index contributed by atoms with van der Waals surface area (Å²) >= 11 is 0. The highest BCUT2D eigenvalue weighted by Crippen LogP contribution is 2.28. The minimum atomic E-state index is -0.173. The third-order valence-corrected chi connectivity index (χ3v) is 3.22. The molecule has 2 unspecified atom stereocenters. The van der Waals surface area contributed by atoms with Crippen molar-refractivity contribution in [2.75, 3.05) is 6.61 Å². The minimum absolute atomic E-state index is 0.00151. The van der Waals surface area contributed by atoms with E-state index in [9.17, 15) is 0 Å². The first-order valence-electron chi connectivity index (χ1n) is 5.93. The standard InChI is InChI=1S/C11H19N3O2/c1-3-7(2)9(12)11-13-10(14-16-11)8-5-4-6-15-8/h7-9H,3-6,12H2,1-2H3/t7?,8?,9-/m0/s1. The van der Waals surface area contributed by atoms with Crippen molar-refractivity contribution in [2.45, 2.75) is 45.3 Å². The van der Waals surface area contributed by atoms with Gasteiger partial charge in [0.15, 0.2) is 0 Å². The van der Waals surface area contributed by atoms with E-state index in [0.717, 1.165) is 25.9 Å². The number of nitrogens with zero attached hydrogens (tertiary/aromatic N) is 2. The van der Waals surface area contributed by atoms with Crippen LogP contribution in [0.3, 0.4) is 0 Å². The van der Waals surface area contributed by atoms with Crippen molar-refractivity contribution in [3.05, 3.63) is 11.7 Å². The monoisotopic (exact) mass is 225 g/mol. The van der Waals surface area contributed by atoms with Crippen LogP contribution in [0, 0.1) is 5.92 Å². The highest BCUT2D eigenvalue weighted by molar-refractivity contribution is 4.97. The van der Waals surface area contributed by atoms with Crippen LogP contribution in [-0.4, -0.2) is 16.7 Å². The number of nitrogens with two attached hydrogens (primary N) is 1. The highest BCUT2D eigenvalue weighted by Gasteiger charge is 2.26. The van der Waals surface area contributed by atoms with Gasteiger partial charge < -0.3 is 15.0 Å². The van der Waals surface area contributed by atoms with Gasteiger partial charge in [-0.3, -0.25) is 0 Å². The van der Waals surface area contributed by atoms with Gasteiger partial charge in [-0.25, -0.2) is 0 Å². The molecule has 1 saturated heterocycles. The topological polar surface area (TPSA) is 74.2 Å². The molecule has 1 aliphatic heterocycles. The molecule has 2 rings (SSSR count). The average Bonchev–Trinajstić information content (AvgIpc) is 2.96. The molecule has 2 N–H and O–H groups in total. The normalized spacial score (nSPS) is 24.6. The number of hydrogen-bond acceptors (Lipinski definition) is 5. The van der Waals surface area contributed by atoms with Gasteiger partial charge in [-0.05, 0) is 18.8 Å². The summed E-state index contributed by atoms with van der Waals surface area (Å²) < 4.78 is 10.7. The molecule has 0 spiro atoms. The van der Waals surface area contributed by atoms with E-state index >= 15 is 0 Å². The Kier molecular flexibility index (Phi) is 3.56. The molecule has 0 aromatic carbocycles.